The molecule has 0 aliphatic carbocycles. The number of amides is 4. The van der Waals surface area contributed by atoms with Gasteiger partial charge in [-0.15, -0.1) is 0 Å². The minimum atomic E-state index is -0.606. The number of hydrazine groups is 1. The fraction of sp³-hybridized carbons (Fsp3) is 0.417. The van der Waals surface area contributed by atoms with Crippen molar-refractivity contribution in [1.29, 1.82) is 0 Å². The SMILES string of the molecule is C=CC(=O)N(C[C@@H]1CCNC1=O)NC(=O)CNC(=O)c1cc2c(OC)cccc2[nH]1.CC(C)C. The smallest absolute Gasteiger partial charge is 0.268 e. The van der Waals surface area contributed by atoms with Crippen LogP contribution in [0.1, 0.15) is 37.7 Å². The molecular formula is C24H33N5O5. The lowest BCUT2D eigenvalue weighted by Gasteiger charge is -2.24. The Morgan fingerprint density at radius 3 is 2.59 bits per heavy atom. The normalized spacial score (nSPS) is 14.6. The van der Waals surface area contributed by atoms with Gasteiger partial charge in [-0.25, -0.2) is 5.01 Å². The summed E-state index contributed by atoms with van der Waals surface area (Å²) in [6, 6.07) is 7.01. The predicted molar refractivity (Wildman–Crippen MR) is 129 cm³/mol. The van der Waals surface area contributed by atoms with Gasteiger partial charge < -0.3 is 20.4 Å². The number of rotatable bonds is 7. The molecule has 4 N–H and O–H groups in total. The highest BCUT2D eigenvalue weighted by molar-refractivity contribution is 6.01. The van der Waals surface area contributed by atoms with Crippen molar-refractivity contribution >= 4 is 34.5 Å². The molecule has 4 amide bonds. The molecule has 10 heteroatoms. The molecule has 1 aliphatic heterocycles. The standard InChI is InChI=1S/C20H23N5O5.C4H10/c1-3-18(27)25(11-12-7-8-21-19(12)28)24-17(26)10-22-20(29)15-9-13-14(23-15)5-4-6-16(13)30-2;1-4(2)3/h3-6,9,12,23H,1,7-8,10-11H2,2H3,(H,21,28)(H,22,29)(H,24,26);4H,1-3H3/t12-;/m0./s1. The molecule has 0 radical (unpaired) electrons. The van der Waals surface area contributed by atoms with Gasteiger partial charge in [0.05, 0.1) is 26.1 Å². The number of carbonyl (C=O) groups excluding carboxylic acids is 4. The van der Waals surface area contributed by atoms with Crippen LogP contribution in [0.2, 0.25) is 0 Å². The van der Waals surface area contributed by atoms with E-state index in [-0.39, 0.29) is 24.7 Å². The lowest BCUT2D eigenvalue weighted by Crippen LogP contribution is -2.51. The molecule has 0 saturated carbocycles. The van der Waals surface area contributed by atoms with E-state index < -0.39 is 23.6 Å². The summed E-state index contributed by atoms with van der Waals surface area (Å²) in [5.74, 6) is -0.767. The zero-order chi connectivity index (χ0) is 25.3. The summed E-state index contributed by atoms with van der Waals surface area (Å²) < 4.78 is 5.27. The van der Waals surface area contributed by atoms with Crippen LogP contribution in [0.5, 0.6) is 5.75 Å². The van der Waals surface area contributed by atoms with Gasteiger partial charge in [-0.3, -0.25) is 24.6 Å². The first-order chi connectivity index (χ1) is 16.2. The number of benzene rings is 1. The monoisotopic (exact) mass is 471 g/mol. The number of H-pyrrole nitrogens is 1. The van der Waals surface area contributed by atoms with E-state index in [9.17, 15) is 19.2 Å². The molecule has 0 unspecified atom stereocenters. The maximum absolute atomic E-state index is 12.4. The van der Waals surface area contributed by atoms with Crippen molar-refractivity contribution in [2.75, 3.05) is 26.7 Å². The summed E-state index contributed by atoms with van der Waals surface area (Å²) in [6.45, 7) is 10.1. The van der Waals surface area contributed by atoms with Gasteiger partial charge in [0, 0.05) is 17.4 Å². The third kappa shape index (κ3) is 7.36. The summed E-state index contributed by atoms with van der Waals surface area (Å²) in [4.78, 5) is 51.4. The fourth-order valence-electron chi connectivity index (χ4n) is 3.21. The molecule has 2 aromatic rings. The predicted octanol–water partition coefficient (Wildman–Crippen LogP) is 1.75. The maximum Gasteiger partial charge on any atom is 0.268 e. The Bertz CT molecular complexity index is 1040. The Morgan fingerprint density at radius 2 is 2.00 bits per heavy atom. The van der Waals surface area contributed by atoms with E-state index in [1.807, 2.05) is 0 Å². The number of aromatic nitrogens is 1. The Balaban J connectivity index is 0.000000945. The molecule has 34 heavy (non-hydrogen) atoms. The van der Waals surface area contributed by atoms with Crippen molar-refractivity contribution < 1.29 is 23.9 Å². The Morgan fingerprint density at radius 1 is 1.29 bits per heavy atom. The van der Waals surface area contributed by atoms with Crippen molar-refractivity contribution in [2.24, 2.45) is 11.8 Å². The number of fused-ring (bicyclic) bond motifs is 1. The minimum Gasteiger partial charge on any atom is -0.496 e. The first kappa shape index (κ1) is 26.4. The van der Waals surface area contributed by atoms with Crippen molar-refractivity contribution in [3.8, 4) is 5.75 Å². The first-order valence-corrected chi connectivity index (χ1v) is 11.1. The highest BCUT2D eigenvalue weighted by Crippen LogP contribution is 2.25. The topological polar surface area (TPSA) is 133 Å². The summed E-state index contributed by atoms with van der Waals surface area (Å²) in [7, 11) is 1.54. The Labute approximate surface area is 199 Å². The van der Waals surface area contributed by atoms with Gasteiger partial charge in [0.25, 0.3) is 17.7 Å². The molecule has 1 saturated heterocycles. The van der Waals surface area contributed by atoms with Crippen LogP contribution in [-0.2, 0) is 14.4 Å². The minimum absolute atomic E-state index is 0.0260. The lowest BCUT2D eigenvalue weighted by molar-refractivity contribution is -0.139. The van der Waals surface area contributed by atoms with Crippen LogP contribution in [0.25, 0.3) is 10.9 Å². The fourth-order valence-corrected chi connectivity index (χ4v) is 3.21. The third-order valence-electron chi connectivity index (χ3n) is 4.76. The molecule has 10 nitrogen and oxygen atoms in total. The van der Waals surface area contributed by atoms with E-state index >= 15 is 0 Å². The molecule has 1 atom stereocenters. The highest BCUT2D eigenvalue weighted by Gasteiger charge is 2.28. The van der Waals surface area contributed by atoms with E-state index in [0.29, 0.717) is 18.7 Å². The second kappa shape index (κ2) is 12.4. The quantitative estimate of drug-likeness (QED) is 0.361. The van der Waals surface area contributed by atoms with Crippen LogP contribution < -0.4 is 20.8 Å². The molecular weight excluding hydrogens is 438 g/mol. The number of carbonyl (C=O) groups is 4. The van der Waals surface area contributed by atoms with Crippen LogP contribution in [-0.4, -0.2) is 60.4 Å². The molecule has 1 aromatic heterocycles. The van der Waals surface area contributed by atoms with Gasteiger partial charge in [0.1, 0.15) is 11.4 Å². The number of hydrogen-bond acceptors (Lipinski definition) is 5. The van der Waals surface area contributed by atoms with Crippen molar-refractivity contribution in [3.63, 3.8) is 0 Å². The maximum atomic E-state index is 12.4. The largest absolute Gasteiger partial charge is 0.496 e. The second-order valence-electron chi connectivity index (χ2n) is 8.48. The molecule has 1 aliphatic rings. The number of nitrogens with zero attached hydrogens (tertiary/aromatic N) is 1. The number of nitrogens with one attached hydrogen (secondary N) is 4. The van der Waals surface area contributed by atoms with Gasteiger partial charge in [0.15, 0.2) is 0 Å². The Hall–Kier alpha value is -3.82. The first-order valence-electron chi connectivity index (χ1n) is 11.1. The molecule has 3 rings (SSSR count). The van der Waals surface area contributed by atoms with E-state index in [1.165, 1.54) is 7.11 Å². The summed E-state index contributed by atoms with van der Waals surface area (Å²) in [5.41, 5.74) is 3.41. The number of methoxy groups -OCH3 is 1. The Kier molecular flexibility index (Phi) is 9.66. The van der Waals surface area contributed by atoms with Gasteiger partial charge in [-0.1, -0.05) is 33.4 Å². The van der Waals surface area contributed by atoms with E-state index in [2.05, 4.69) is 48.4 Å². The van der Waals surface area contributed by atoms with Crippen LogP contribution in [0.3, 0.4) is 0 Å². The van der Waals surface area contributed by atoms with Gasteiger partial charge >= 0.3 is 0 Å². The van der Waals surface area contributed by atoms with E-state index in [4.69, 9.17) is 4.74 Å². The zero-order valence-electron chi connectivity index (χ0n) is 20.1. The summed E-state index contributed by atoms with van der Waals surface area (Å²) >= 11 is 0. The summed E-state index contributed by atoms with van der Waals surface area (Å²) in [5, 5.41) is 6.95. The van der Waals surface area contributed by atoms with Crippen LogP contribution in [0.15, 0.2) is 36.9 Å². The summed E-state index contributed by atoms with van der Waals surface area (Å²) in [6.07, 6.45) is 1.61. The van der Waals surface area contributed by atoms with Crippen molar-refractivity contribution in [1.82, 2.24) is 26.1 Å². The van der Waals surface area contributed by atoms with E-state index in [1.54, 1.807) is 24.3 Å². The molecule has 2 heterocycles. The van der Waals surface area contributed by atoms with Gasteiger partial charge in [-0.05, 0) is 36.6 Å². The molecule has 1 fully saturated rings. The average molecular weight is 472 g/mol. The molecule has 184 valence electrons. The van der Waals surface area contributed by atoms with E-state index in [0.717, 1.165) is 27.9 Å². The van der Waals surface area contributed by atoms with Crippen molar-refractivity contribution in [2.45, 2.75) is 27.2 Å². The van der Waals surface area contributed by atoms with Gasteiger partial charge in [-0.2, -0.15) is 0 Å². The third-order valence-corrected chi connectivity index (χ3v) is 4.76. The number of aromatic amines is 1. The highest BCUT2D eigenvalue weighted by atomic mass is 16.5. The second-order valence-corrected chi connectivity index (χ2v) is 8.48. The van der Waals surface area contributed by atoms with Gasteiger partial charge in [0.2, 0.25) is 5.91 Å². The molecule has 0 bridgehead atoms. The van der Waals surface area contributed by atoms with Crippen LogP contribution in [0, 0.1) is 11.8 Å². The molecule has 1 aromatic carbocycles. The average Bonchev–Trinajstić information content (AvgIpc) is 3.42. The number of hydrogen-bond donors (Lipinski definition) is 4. The lowest BCUT2D eigenvalue weighted by atomic mass is 10.1. The van der Waals surface area contributed by atoms with Crippen LogP contribution in [0.4, 0.5) is 0 Å². The van der Waals surface area contributed by atoms with Crippen LogP contribution >= 0.6 is 0 Å². The molecule has 0 spiro atoms. The zero-order valence-corrected chi connectivity index (χ0v) is 20.1. The number of ether oxygens (including phenoxy) is 1. The van der Waals surface area contributed by atoms with Crippen molar-refractivity contribution in [3.05, 3.63) is 42.6 Å².